The summed E-state index contributed by atoms with van der Waals surface area (Å²) in [5.74, 6) is 0.780. The number of hydrogen-bond acceptors (Lipinski definition) is 3. The van der Waals surface area contributed by atoms with Gasteiger partial charge in [0, 0.05) is 19.6 Å². The predicted octanol–water partition coefficient (Wildman–Crippen LogP) is 2.66. The fraction of sp³-hybridized carbons (Fsp3) is 0.600. The number of benzene rings is 1. The molecule has 1 aromatic rings. The molecule has 1 aromatic carbocycles. The van der Waals surface area contributed by atoms with Crippen molar-refractivity contribution in [1.29, 1.82) is 0 Å². The van der Waals surface area contributed by atoms with Gasteiger partial charge in [0.25, 0.3) is 0 Å². The van der Waals surface area contributed by atoms with Crippen LogP contribution in [0.5, 0.6) is 5.75 Å². The van der Waals surface area contributed by atoms with Gasteiger partial charge in [-0.1, -0.05) is 19.9 Å². The highest BCUT2D eigenvalue weighted by molar-refractivity contribution is 5.43. The summed E-state index contributed by atoms with van der Waals surface area (Å²) in [5.41, 5.74) is 3.53. The first-order chi connectivity index (χ1) is 8.58. The molecule has 0 spiro atoms. The monoisotopic (exact) mass is 249 g/mol. The van der Waals surface area contributed by atoms with Crippen molar-refractivity contribution in [2.45, 2.75) is 33.2 Å². The van der Waals surface area contributed by atoms with Gasteiger partial charge in [0.1, 0.15) is 5.75 Å². The first kappa shape index (κ1) is 13.4. The highest BCUT2D eigenvalue weighted by atomic mass is 16.5. The van der Waals surface area contributed by atoms with E-state index in [1.54, 1.807) is 0 Å². The standard InChI is InChI=1S/C15H23NO2/c1-11(2)14-9-13(12(3)8-15(14)17)10-16-4-6-18-7-5-16/h8-9,11,17H,4-7,10H2,1-3H3. The SMILES string of the molecule is Cc1cc(O)c(C(C)C)cc1CN1CCOCC1. The molecule has 0 unspecified atom stereocenters. The average molecular weight is 249 g/mol. The second-order valence-electron chi connectivity index (χ2n) is 5.38. The third kappa shape index (κ3) is 3.03. The van der Waals surface area contributed by atoms with E-state index in [0.717, 1.165) is 38.4 Å². The number of phenols is 1. The summed E-state index contributed by atoms with van der Waals surface area (Å²) < 4.78 is 5.37. The summed E-state index contributed by atoms with van der Waals surface area (Å²) in [6.45, 7) is 10.9. The third-order valence-electron chi connectivity index (χ3n) is 3.60. The Bertz CT molecular complexity index is 409. The van der Waals surface area contributed by atoms with Crippen LogP contribution in [-0.4, -0.2) is 36.3 Å². The fourth-order valence-electron chi connectivity index (χ4n) is 2.39. The maximum absolute atomic E-state index is 9.96. The van der Waals surface area contributed by atoms with Crippen molar-refractivity contribution in [1.82, 2.24) is 4.90 Å². The minimum Gasteiger partial charge on any atom is -0.508 e. The minimum atomic E-state index is 0.356. The Hall–Kier alpha value is -1.06. The van der Waals surface area contributed by atoms with Gasteiger partial charge in [-0.05, 0) is 35.6 Å². The summed E-state index contributed by atoms with van der Waals surface area (Å²) >= 11 is 0. The van der Waals surface area contributed by atoms with E-state index in [1.165, 1.54) is 11.1 Å². The molecule has 18 heavy (non-hydrogen) atoms. The van der Waals surface area contributed by atoms with Crippen molar-refractivity contribution in [2.24, 2.45) is 0 Å². The number of ether oxygens (including phenoxy) is 1. The molecule has 1 saturated heterocycles. The van der Waals surface area contributed by atoms with Crippen molar-refractivity contribution >= 4 is 0 Å². The van der Waals surface area contributed by atoms with E-state index in [1.807, 2.05) is 6.07 Å². The summed E-state index contributed by atoms with van der Waals surface area (Å²) in [6, 6.07) is 4.05. The molecule has 1 heterocycles. The van der Waals surface area contributed by atoms with Gasteiger partial charge in [-0.15, -0.1) is 0 Å². The molecule has 0 radical (unpaired) electrons. The van der Waals surface area contributed by atoms with Gasteiger partial charge in [-0.3, -0.25) is 4.90 Å². The van der Waals surface area contributed by atoms with E-state index in [2.05, 4.69) is 31.7 Å². The van der Waals surface area contributed by atoms with Crippen LogP contribution in [0.1, 0.15) is 36.5 Å². The molecule has 1 N–H and O–H groups in total. The molecule has 2 rings (SSSR count). The Morgan fingerprint density at radius 3 is 2.56 bits per heavy atom. The van der Waals surface area contributed by atoms with Crippen molar-refractivity contribution in [3.8, 4) is 5.75 Å². The molecule has 3 heteroatoms. The van der Waals surface area contributed by atoms with Gasteiger partial charge < -0.3 is 9.84 Å². The van der Waals surface area contributed by atoms with Crippen LogP contribution in [0.4, 0.5) is 0 Å². The normalized spacial score (nSPS) is 17.3. The van der Waals surface area contributed by atoms with E-state index >= 15 is 0 Å². The molecule has 1 fully saturated rings. The van der Waals surface area contributed by atoms with Gasteiger partial charge in [0.15, 0.2) is 0 Å². The van der Waals surface area contributed by atoms with E-state index < -0.39 is 0 Å². The van der Waals surface area contributed by atoms with E-state index in [0.29, 0.717) is 11.7 Å². The van der Waals surface area contributed by atoms with Gasteiger partial charge in [-0.2, -0.15) is 0 Å². The Labute approximate surface area is 109 Å². The molecular weight excluding hydrogens is 226 g/mol. The highest BCUT2D eigenvalue weighted by Crippen LogP contribution is 2.29. The average Bonchev–Trinajstić information content (AvgIpc) is 2.33. The molecule has 0 aliphatic carbocycles. The maximum Gasteiger partial charge on any atom is 0.119 e. The number of hydrogen-bond donors (Lipinski definition) is 1. The smallest absolute Gasteiger partial charge is 0.119 e. The molecule has 1 aliphatic heterocycles. The van der Waals surface area contributed by atoms with Crippen molar-refractivity contribution < 1.29 is 9.84 Å². The number of aryl methyl sites for hydroxylation is 1. The van der Waals surface area contributed by atoms with Crippen molar-refractivity contribution in [2.75, 3.05) is 26.3 Å². The Balaban J connectivity index is 2.18. The van der Waals surface area contributed by atoms with E-state index in [9.17, 15) is 5.11 Å². The van der Waals surface area contributed by atoms with E-state index in [4.69, 9.17) is 4.74 Å². The zero-order chi connectivity index (χ0) is 13.1. The van der Waals surface area contributed by atoms with Crippen LogP contribution in [0.3, 0.4) is 0 Å². The fourth-order valence-corrected chi connectivity index (χ4v) is 2.39. The molecule has 0 atom stereocenters. The summed E-state index contributed by atoms with van der Waals surface area (Å²) in [7, 11) is 0. The summed E-state index contributed by atoms with van der Waals surface area (Å²) in [6.07, 6.45) is 0. The van der Waals surface area contributed by atoms with Crippen LogP contribution in [0.2, 0.25) is 0 Å². The van der Waals surface area contributed by atoms with E-state index in [-0.39, 0.29) is 0 Å². The van der Waals surface area contributed by atoms with Crippen LogP contribution < -0.4 is 0 Å². The Morgan fingerprint density at radius 1 is 1.28 bits per heavy atom. The number of phenolic OH excluding ortho intramolecular Hbond substituents is 1. The first-order valence-electron chi connectivity index (χ1n) is 6.70. The number of rotatable bonds is 3. The lowest BCUT2D eigenvalue weighted by molar-refractivity contribution is 0.0341. The molecule has 3 nitrogen and oxygen atoms in total. The highest BCUT2D eigenvalue weighted by Gasteiger charge is 2.14. The Kier molecular flexibility index (Phi) is 4.25. The number of aromatic hydroxyl groups is 1. The largest absolute Gasteiger partial charge is 0.508 e. The molecule has 0 saturated carbocycles. The second-order valence-corrected chi connectivity index (χ2v) is 5.38. The van der Waals surface area contributed by atoms with Gasteiger partial charge >= 0.3 is 0 Å². The second kappa shape index (κ2) is 5.72. The Morgan fingerprint density at radius 2 is 1.94 bits per heavy atom. The molecule has 1 aliphatic rings. The van der Waals surface area contributed by atoms with Gasteiger partial charge in [-0.25, -0.2) is 0 Å². The molecule has 100 valence electrons. The molecular formula is C15H23NO2. The molecule has 0 bridgehead atoms. The number of morpholine rings is 1. The lowest BCUT2D eigenvalue weighted by Crippen LogP contribution is -2.35. The predicted molar refractivity (Wildman–Crippen MR) is 73.0 cm³/mol. The van der Waals surface area contributed by atoms with Crippen molar-refractivity contribution in [3.63, 3.8) is 0 Å². The quantitative estimate of drug-likeness (QED) is 0.894. The zero-order valence-electron chi connectivity index (χ0n) is 11.6. The minimum absolute atomic E-state index is 0.356. The first-order valence-corrected chi connectivity index (χ1v) is 6.70. The van der Waals surface area contributed by atoms with Crippen LogP contribution >= 0.6 is 0 Å². The van der Waals surface area contributed by atoms with Crippen LogP contribution in [-0.2, 0) is 11.3 Å². The molecule has 0 amide bonds. The lowest BCUT2D eigenvalue weighted by atomic mass is 9.96. The zero-order valence-corrected chi connectivity index (χ0v) is 11.6. The maximum atomic E-state index is 9.96. The third-order valence-corrected chi connectivity index (χ3v) is 3.60. The summed E-state index contributed by atoms with van der Waals surface area (Å²) in [4.78, 5) is 2.41. The lowest BCUT2D eigenvalue weighted by Gasteiger charge is -2.27. The molecule has 0 aromatic heterocycles. The van der Waals surface area contributed by atoms with Crippen LogP contribution in [0.15, 0.2) is 12.1 Å². The van der Waals surface area contributed by atoms with Crippen molar-refractivity contribution in [3.05, 3.63) is 28.8 Å². The van der Waals surface area contributed by atoms with Crippen LogP contribution in [0.25, 0.3) is 0 Å². The number of nitrogens with zero attached hydrogens (tertiary/aromatic N) is 1. The topological polar surface area (TPSA) is 32.7 Å². The summed E-state index contributed by atoms with van der Waals surface area (Å²) in [5, 5.41) is 9.96. The van der Waals surface area contributed by atoms with Crippen LogP contribution in [0, 0.1) is 6.92 Å². The van der Waals surface area contributed by atoms with Gasteiger partial charge in [0.2, 0.25) is 0 Å². The van der Waals surface area contributed by atoms with Gasteiger partial charge in [0.05, 0.1) is 13.2 Å².